The fourth-order valence-electron chi connectivity index (χ4n) is 3.07. The number of carbonyl (C=O) groups excluding carboxylic acids is 1. The molecular formula is C19H20ClN3O2S. The summed E-state index contributed by atoms with van der Waals surface area (Å²) in [6, 6.07) is 14.5. The Labute approximate surface area is 162 Å². The molecule has 1 aliphatic heterocycles. The Hall–Kier alpha value is -1.99. The predicted octanol–water partition coefficient (Wildman–Crippen LogP) is 3.83. The zero-order valence-corrected chi connectivity index (χ0v) is 15.7. The van der Waals surface area contributed by atoms with Gasteiger partial charge in [-0.05, 0) is 29.7 Å². The Morgan fingerprint density at radius 2 is 2.04 bits per heavy atom. The van der Waals surface area contributed by atoms with Crippen LogP contribution < -0.4 is 11.1 Å². The number of nitrogens with one attached hydrogen (secondary N) is 1. The molecule has 0 radical (unpaired) electrons. The number of fused-ring (bicyclic) bond motifs is 1. The molecule has 0 bridgehead atoms. The van der Waals surface area contributed by atoms with Crippen LogP contribution in [-0.2, 0) is 9.53 Å². The van der Waals surface area contributed by atoms with Gasteiger partial charge in [0.2, 0.25) is 0 Å². The molecular weight excluding hydrogens is 370 g/mol. The summed E-state index contributed by atoms with van der Waals surface area (Å²) in [6.07, 6.45) is 1.09. The summed E-state index contributed by atoms with van der Waals surface area (Å²) in [7, 11) is 0. The van der Waals surface area contributed by atoms with Crippen molar-refractivity contribution in [3.63, 3.8) is 0 Å². The van der Waals surface area contributed by atoms with Crippen LogP contribution in [-0.4, -0.2) is 29.6 Å². The van der Waals surface area contributed by atoms with Crippen LogP contribution in [0.1, 0.15) is 12.8 Å². The minimum absolute atomic E-state index is 0. The minimum Gasteiger partial charge on any atom is -0.364 e. The van der Waals surface area contributed by atoms with Crippen LogP contribution >= 0.6 is 23.7 Å². The number of nitrogens with two attached hydrogens (primary N) is 1. The van der Waals surface area contributed by atoms with Gasteiger partial charge in [-0.25, -0.2) is 4.98 Å². The number of nitrogens with zero attached hydrogens (tertiary/aromatic N) is 1. The second kappa shape index (κ2) is 8.14. The third-order valence-electron chi connectivity index (χ3n) is 4.44. The van der Waals surface area contributed by atoms with E-state index in [0.29, 0.717) is 18.1 Å². The molecule has 2 aromatic carbocycles. The molecule has 0 unspecified atom stereocenters. The van der Waals surface area contributed by atoms with Gasteiger partial charge in [0.1, 0.15) is 6.10 Å². The van der Waals surface area contributed by atoms with E-state index in [1.54, 1.807) is 0 Å². The Bertz CT molecular complexity index is 914. The van der Waals surface area contributed by atoms with E-state index in [1.807, 2.05) is 17.5 Å². The minimum atomic E-state index is -0.429. The van der Waals surface area contributed by atoms with Crippen LogP contribution in [0.25, 0.3) is 22.0 Å². The van der Waals surface area contributed by atoms with Crippen molar-refractivity contribution in [3.8, 4) is 11.3 Å². The lowest BCUT2D eigenvalue weighted by molar-refractivity contribution is -0.126. The van der Waals surface area contributed by atoms with Crippen LogP contribution in [0.3, 0.4) is 0 Å². The van der Waals surface area contributed by atoms with Crippen molar-refractivity contribution in [2.24, 2.45) is 5.73 Å². The SMILES string of the molecule is Cl.NC[C@H]1CC[C@@H](C(=O)Nc2nc(-c3ccc4ccccc4c3)cs2)O1. The number of halogens is 1. The standard InChI is InChI=1S/C19H19N3O2S.ClH/c20-10-15-7-8-17(24-15)18(23)22-19-21-16(11-25-19)14-6-5-12-3-1-2-4-13(12)9-14;/h1-6,9,11,15,17H,7-8,10,20H2,(H,21,22,23);1H/t15-,17+;/m1./s1. The monoisotopic (exact) mass is 389 g/mol. The molecule has 0 aliphatic carbocycles. The lowest BCUT2D eigenvalue weighted by atomic mass is 10.1. The molecule has 2 heterocycles. The molecule has 0 spiro atoms. The van der Waals surface area contributed by atoms with Crippen molar-refractivity contribution in [2.75, 3.05) is 11.9 Å². The van der Waals surface area contributed by atoms with Gasteiger partial charge in [-0.15, -0.1) is 23.7 Å². The quantitative estimate of drug-likeness (QED) is 0.710. The third-order valence-corrected chi connectivity index (χ3v) is 5.20. The largest absolute Gasteiger partial charge is 0.364 e. The topological polar surface area (TPSA) is 77.2 Å². The van der Waals surface area contributed by atoms with Crippen molar-refractivity contribution in [3.05, 3.63) is 47.8 Å². The van der Waals surface area contributed by atoms with E-state index in [4.69, 9.17) is 10.5 Å². The van der Waals surface area contributed by atoms with E-state index >= 15 is 0 Å². The third kappa shape index (κ3) is 3.88. The summed E-state index contributed by atoms with van der Waals surface area (Å²) >= 11 is 1.42. The molecule has 1 saturated heterocycles. The second-order valence-electron chi connectivity index (χ2n) is 6.15. The number of amides is 1. The second-order valence-corrected chi connectivity index (χ2v) is 7.01. The summed E-state index contributed by atoms with van der Waals surface area (Å²) in [6.45, 7) is 0.452. The van der Waals surface area contributed by atoms with E-state index in [2.05, 4.69) is 40.6 Å². The first-order chi connectivity index (χ1) is 12.2. The number of thiazole rings is 1. The molecule has 1 aliphatic rings. The molecule has 1 aromatic heterocycles. The van der Waals surface area contributed by atoms with Gasteiger partial charge in [-0.1, -0.05) is 36.4 Å². The molecule has 2 atom stereocenters. The van der Waals surface area contributed by atoms with Gasteiger partial charge < -0.3 is 10.5 Å². The molecule has 7 heteroatoms. The Morgan fingerprint density at radius 3 is 2.81 bits per heavy atom. The number of hydrogen-bond acceptors (Lipinski definition) is 5. The van der Waals surface area contributed by atoms with E-state index in [1.165, 1.54) is 22.1 Å². The molecule has 5 nitrogen and oxygen atoms in total. The average molecular weight is 390 g/mol. The summed E-state index contributed by atoms with van der Waals surface area (Å²) in [5.41, 5.74) is 7.49. The first-order valence-corrected chi connectivity index (χ1v) is 9.22. The summed E-state index contributed by atoms with van der Waals surface area (Å²) < 4.78 is 5.62. The van der Waals surface area contributed by atoms with Crippen molar-refractivity contribution in [2.45, 2.75) is 25.0 Å². The van der Waals surface area contributed by atoms with Crippen LogP contribution in [0.15, 0.2) is 47.8 Å². The lowest BCUT2D eigenvalue weighted by Crippen LogP contribution is -2.29. The Kier molecular flexibility index (Phi) is 5.88. The van der Waals surface area contributed by atoms with Crippen molar-refractivity contribution in [1.29, 1.82) is 0 Å². The van der Waals surface area contributed by atoms with Gasteiger partial charge in [0.05, 0.1) is 11.8 Å². The van der Waals surface area contributed by atoms with E-state index in [9.17, 15) is 4.79 Å². The number of ether oxygens (including phenoxy) is 1. The van der Waals surface area contributed by atoms with E-state index in [0.717, 1.165) is 17.7 Å². The lowest BCUT2D eigenvalue weighted by Gasteiger charge is -2.11. The highest BCUT2D eigenvalue weighted by Crippen LogP contribution is 2.28. The maximum Gasteiger partial charge on any atom is 0.255 e. The number of hydrogen-bond donors (Lipinski definition) is 2. The van der Waals surface area contributed by atoms with Crippen LogP contribution in [0.4, 0.5) is 5.13 Å². The fourth-order valence-corrected chi connectivity index (χ4v) is 3.79. The number of aromatic nitrogens is 1. The number of carbonyl (C=O) groups is 1. The maximum absolute atomic E-state index is 12.3. The van der Waals surface area contributed by atoms with E-state index in [-0.39, 0.29) is 24.4 Å². The van der Waals surface area contributed by atoms with Crippen molar-refractivity contribution >= 4 is 45.6 Å². The molecule has 26 heavy (non-hydrogen) atoms. The maximum atomic E-state index is 12.3. The van der Waals surface area contributed by atoms with Gasteiger partial charge in [0.25, 0.3) is 5.91 Å². The van der Waals surface area contributed by atoms with Gasteiger partial charge in [-0.3, -0.25) is 10.1 Å². The van der Waals surface area contributed by atoms with Gasteiger partial charge in [-0.2, -0.15) is 0 Å². The van der Waals surface area contributed by atoms with E-state index < -0.39 is 6.10 Å². The summed E-state index contributed by atoms with van der Waals surface area (Å²) in [4.78, 5) is 16.8. The predicted molar refractivity (Wildman–Crippen MR) is 108 cm³/mol. The number of benzene rings is 2. The van der Waals surface area contributed by atoms with Crippen LogP contribution in [0, 0.1) is 0 Å². The number of rotatable bonds is 4. The highest BCUT2D eigenvalue weighted by molar-refractivity contribution is 7.14. The molecule has 0 saturated carbocycles. The first-order valence-electron chi connectivity index (χ1n) is 8.34. The van der Waals surface area contributed by atoms with Crippen molar-refractivity contribution < 1.29 is 9.53 Å². The average Bonchev–Trinajstić information content (AvgIpc) is 3.30. The highest BCUT2D eigenvalue weighted by atomic mass is 35.5. The molecule has 3 aromatic rings. The fraction of sp³-hybridized carbons (Fsp3) is 0.263. The van der Waals surface area contributed by atoms with Gasteiger partial charge in [0.15, 0.2) is 5.13 Å². The van der Waals surface area contributed by atoms with Gasteiger partial charge >= 0.3 is 0 Å². The normalized spacial score (nSPS) is 19.3. The molecule has 4 rings (SSSR count). The van der Waals surface area contributed by atoms with Gasteiger partial charge in [0, 0.05) is 17.5 Å². The number of anilines is 1. The molecule has 3 N–H and O–H groups in total. The summed E-state index contributed by atoms with van der Waals surface area (Å²) in [5, 5.41) is 7.77. The molecule has 1 amide bonds. The van der Waals surface area contributed by atoms with Crippen LogP contribution in [0.2, 0.25) is 0 Å². The smallest absolute Gasteiger partial charge is 0.255 e. The highest BCUT2D eigenvalue weighted by Gasteiger charge is 2.30. The zero-order chi connectivity index (χ0) is 17.2. The molecule has 1 fully saturated rings. The zero-order valence-electron chi connectivity index (χ0n) is 14.1. The Balaban J connectivity index is 0.00000196. The van der Waals surface area contributed by atoms with Crippen molar-refractivity contribution in [1.82, 2.24) is 4.98 Å². The summed E-state index contributed by atoms with van der Waals surface area (Å²) in [5.74, 6) is -0.143. The first kappa shape index (κ1) is 18.8. The van der Waals surface area contributed by atoms with Crippen LogP contribution in [0.5, 0.6) is 0 Å². The Morgan fingerprint density at radius 1 is 1.23 bits per heavy atom. The molecule has 136 valence electrons.